The van der Waals surface area contributed by atoms with Crippen LogP contribution in [-0.2, 0) is 30.2 Å². The van der Waals surface area contributed by atoms with Crippen molar-refractivity contribution in [3.8, 4) is 11.5 Å². The lowest BCUT2D eigenvalue weighted by Crippen LogP contribution is -2.42. The van der Waals surface area contributed by atoms with E-state index in [-0.39, 0.29) is 37.0 Å². The fourth-order valence-electron chi connectivity index (χ4n) is 2.93. The molecular formula is C29H45NO11. The molecule has 232 valence electrons. The summed E-state index contributed by atoms with van der Waals surface area (Å²) in [6.07, 6.45) is -2.51. The second kappa shape index (κ2) is 16.0. The van der Waals surface area contributed by atoms with Crippen molar-refractivity contribution in [2.75, 3.05) is 13.2 Å². The number of rotatable bonds is 15. The summed E-state index contributed by atoms with van der Waals surface area (Å²) in [7, 11) is 0. The van der Waals surface area contributed by atoms with Crippen molar-refractivity contribution in [1.29, 1.82) is 0 Å². The SMILES string of the molecule is CCC(C)(C)OC(=O)Oc1ccc(C[C@H](NCC(C)OC(=O)OCC(C)C)C(=O)O)cc1OC(=O)OC(C)(C)CC. The second-order valence-electron chi connectivity index (χ2n) is 11.3. The average Bonchev–Trinajstić information content (AvgIpc) is 2.85. The Balaban J connectivity index is 3.07. The van der Waals surface area contributed by atoms with E-state index in [4.69, 9.17) is 28.4 Å². The first-order valence-electron chi connectivity index (χ1n) is 13.7. The standard InChI is InChI=1S/C29H45NO11/c1-10-28(6,7)40-26(34)38-22-13-12-20(15-23(22)39-27(35)41-29(8,9)11-2)14-21(24(31)32)30-16-19(5)37-25(33)36-17-18(3)4/h12-13,15,18-19,21,30H,10-11,14,16-17H2,1-9H3,(H,31,32)/t19?,21-/m0/s1. The molecule has 0 aromatic heterocycles. The summed E-state index contributed by atoms with van der Waals surface area (Å²) in [6.45, 7) is 16.2. The molecule has 1 aromatic rings. The number of hydrogen-bond donors (Lipinski definition) is 2. The molecule has 2 N–H and O–H groups in total. The lowest BCUT2D eigenvalue weighted by molar-refractivity contribution is -0.139. The van der Waals surface area contributed by atoms with E-state index in [0.717, 1.165) is 0 Å². The van der Waals surface area contributed by atoms with Gasteiger partial charge in [0.25, 0.3) is 0 Å². The summed E-state index contributed by atoms with van der Waals surface area (Å²) >= 11 is 0. The fraction of sp³-hybridized carbons (Fsp3) is 0.655. The van der Waals surface area contributed by atoms with Crippen LogP contribution in [-0.4, -0.2) is 66.0 Å². The normalized spacial score (nSPS) is 13.1. The molecule has 2 atom stereocenters. The van der Waals surface area contributed by atoms with Crippen molar-refractivity contribution < 1.29 is 52.7 Å². The van der Waals surface area contributed by atoms with Gasteiger partial charge in [-0.05, 0) is 77.5 Å². The third kappa shape index (κ3) is 14.1. The minimum absolute atomic E-state index is 0.0375. The van der Waals surface area contributed by atoms with Crippen molar-refractivity contribution in [2.24, 2.45) is 5.92 Å². The van der Waals surface area contributed by atoms with Crippen LogP contribution >= 0.6 is 0 Å². The summed E-state index contributed by atoms with van der Waals surface area (Å²) in [4.78, 5) is 48.7. The summed E-state index contributed by atoms with van der Waals surface area (Å²) in [6, 6.07) is 3.20. The molecule has 0 amide bonds. The molecule has 1 unspecified atom stereocenters. The Labute approximate surface area is 241 Å². The molecule has 1 aromatic carbocycles. The summed E-state index contributed by atoms with van der Waals surface area (Å²) in [5.41, 5.74) is -1.14. The average molecular weight is 584 g/mol. The van der Waals surface area contributed by atoms with Gasteiger partial charge in [-0.15, -0.1) is 0 Å². The van der Waals surface area contributed by atoms with Gasteiger partial charge in [0.05, 0.1) is 6.61 Å². The van der Waals surface area contributed by atoms with Gasteiger partial charge in [0.15, 0.2) is 11.5 Å². The quantitative estimate of drug-likeness (QED) is 0.144. The Morgan fingerprint density at radius 2 is 1.39 bits per heavy atom. The smallest absolute Gasteiger partial charge is 0.480 e. The van der Waals surface area contributed by atoms with E-state index >= 15 is 0 Å². The van der Waals surface area contributed by atoms with Crippen LogP contribution in [0, 0.1) is 5.92 Å². The molecule has 0 fully saturated rings. The van der Waals surface area contributed by atoms with E-state index in [2.05, 4.69) is 5.32 Å². The van der Waals surface area contributed by atoms with E-state index in [0.29, 0.717) is 18.4 Å². The number of benzene rings is 1. The van der Waals surface area contributed by atoms with E-state index in [1.165, 1.54) is 18.2 Å². The molecule has 0 bridgehead atoms. The highest BCUT2D eigenvalue weighted by atomic mass is 16.8. The number of hydrogen-bond acceptors (Lipinski definition) is 11. The van der Waals surface area contributed by atoms with Gasteiger partial charge in [0.2, 0.25) is 0 Å². The Kier molecular flexibility index (Phi) is 13.9. The Hall–Kier alpha value is -3.54. The van der Waals surface area contributed by atoms with Crippen LogP contribution in [0.5, 0.6) is 11.5 Å². The van der Waals surface area contributed by atoms with E-state index in [1.807, 2.05) is 27.7 Å². The molecule has 0 heterocycles. The van der Waals surface area contributed by atoms with Crippen LogP contribution in [0.4, 0.5) is 14.4 Å². The molecule has 0 aliphatic heterocycles. The molecule has 12 heteroatoms. The molecule has 12 nitrogen and oxygen atoms in total. The van der Waals surface area contributed by atoms with Crippen LogP contribution in [0.3, 0.4) is 0 Å². The Morgan fingerprint density at radius 1 is 0.854 bits per heavy atom. The van der Waals surface area contributed by atoms with Crippen LogP contribution in [0.15, 0.2) is 18.2 Å². The van der Waals surface area contributed by atoms with Crippen molar-refractivity contribution in [3.63, 3.8) is 0 Å². The van der Waals surface area contributed by atoms with Crippen molar-refractivity contribution >= 4 is 24.4 Å². The largest absolute Gasteiger partial charge is 0.514 e. The van der Waals surface area contributed by atoms with Crippen LogP contribution in [0.2, 0.25) is 0 Å². The number of carbonyl (C=O) groups is 4. The Morgan fingerprint density at radius 3 is 1.88 bits per heavy atom. The van der Waals surface area contributed by atoms with Gasteiger partial charge in [-0.1, -0.05) is 33.8 Å². The van der Waals surface area contributed by atoms with Crippen LogP contribution in [0.25, 0.3) is 0 Å². The number of carboxylic acids is 1. The molecule has 0 saturated carbocycles. The van der Waals surface area contributed by atoms with E-state index in [9.17, 15) is 24.3 Å². The minimum atomic E-state index is -1.16. The topological polar surface area (TPSA) is 156 Å². The lowest BCUT2D eigenvalue weighted by atomic mass is 10.0. The maximum absolute atomic E-state index is 12.5. The maximum Gasteiger partial charge on any atom is 0.514 e. The van der Waals surface area contributed by atoms with Gasteiger partial charge >= 0.3 is 24.4 Å². The van der Waals surface area contributed by atoms with Gasteiger partial charge in [-0.3, -0.25) is 4.79 Å². The predicted molar refractivity (Wildman–Crippen MR) is 149 cm³/mol. The molecule has 0 aliphatic rings. The maximum atomic E-state index is 12.5. The highest BCUT2D eigenvalue weighted by Crippen LogP contribution is 2.31. The van der Waals surface area contributed by atoms with Gasteiger partial charge in [0.1, 0.15) is 23.3 Å². The summed E-state index contributed by atoms with van der Waals surface area (Å²) in [5.74, 6) is -1.28. The van der Waals surface area contributed by atoms with Crippen molar-refractivity contribution in [3.05, 3.63) is 23.8 Å². The van der Waals surface area contributed by atoms with Crippen LogP contribution < -0.4 is 14.8 Å². The van der Waals surface area contributed by atoms with Gasteiger partial charge in [-0.2, -0.15) is 0 Å². The molecule has 0 aliphatic carbocycles. The molecule has 41 heavy (non-hydrogen) atoms. The first-order valence-corrected chi connectivity index (χ1v) is 13.7. The van der Waals surface area contributed by atoms with Crippen molar-refractivity contribution in [1.82, 2.24) is 5.32 Å². The third-order valence-corrected chi connectivity index (χ3v) is 6.04. The van der Waals surface area contributed by atoms with Crippen LogP contribution in [0.1, 0.15) is 80.7 Å². The van der Waals surface area contributed by atoms with E-state index in [1.54, 1.807) is 34.6 Å². The number of ether oxygens (including phenoxy) is 6. The van der Waals surface area contributed by atoms with Gasteiger partial charge in [-0.25, -0.2) is 14.4 Å². The molecular weight excluding hydrogens is 538 g/mol. The molecule has 0 spiro atoms. The first-order chi connectivity index (χ1) is 19.0. The monoisotopic (exact) mass is 583 g/mol. The van der Waals surface area contributed by atoms with Crippen molar-refractivity contribution in [2.45, 2.75) is 105 Å². The zero-order valence-electron chi connectivity index (χ0n) is 25.5. The predicted octanol–water partition coefficient (Wildman–Crippen LogP) is 5.88. The molecule has 1 rings (SSSR count). The number of aliphatic carboxylic acids is 1. The Bertz CT molecular complexity index is 1040. The van der Waals surface area contributed by atoms with E-state index < -0.39 is 47.8 Å². The molecule has 0 radical (unpaired) electrons. The van der Waals surface area contributed by atoms with Gasteiger partial charge in [0, 0.05) is 6.54 Å². The minimum Gasteiger partial charge on any atom is -0.480 e. The summed E-state index contributed by atoms with van der Waals surface area (Å²) < 4.78 is 31.5. The number of carboxylic acid groups (broad SMARTS) is 1. The first kappa shape index (κ1) is 35.5. The zero-order chi connectivity index (χ0) is 31.4. The summed E-state index contributed by atoms with van der Waals surface area (Å²) in [5, 5.41) is 12.6. The fourth-order valence-corrected chi connectivity index (χ4v) is 2.93. The second-order valence-corrected chi connectivity index (χ2v) is 11.3. The number of carbonyl (C=O) groups excluding carboxylic acids is 3. The number of nitrogens with one attached hydrogen (secondary N) is 1. The lowest BCUT2D eigenvalue weighted by Gasteiger charge is -2.24. The highest BCUT2D eigenvalue weighted by molar-refractivity contribution is 5.74. The highest BCUT2D eigenvalue weighted by Gasteiger charge is 2.27. The molecule has 0 saturated heterocycles. The zero-order valence-corrected chi connectivity index (χ0v) is 25.5. The third-order valence-electron chi connectivity index (χ3n) is 6.04. The van der Waals surface area contributed by atoms with Gasteiger partial charge < -0.3 is 38.8 Å².